The number of methoxy groups -OCH3 is 1. The van der Waals surface area contributed by atoms with Crippen molar-refractivity contribution in [3.05, 3.63) is 34.9 Å². The number of hydrogen-bond acceptors (Lipinski definition) is 2. The van der Waals surface area contributed by atoms with Crippen LogP contribution in [-0.2, 0) is 17.8 Å². The predicted molar refractivity (Wildman–Crippen MR) is 59.1 cm³/mol. The summed E-state index contributed by atoms with van der Waals surface area (Å²) in [6.45, 7) is 0.563. The number of rotatable bonds is 6. The molecule has 1 aromatic carbocycles. The van der Waals surface area contributed by atoms with Gasteiger partial charge in [0.05, 0.1) is 6.61 Å². The molecule has 0 atom stereocenters. The lowest BCUT2D eigenvalue weighted by Crippen LogP contribution is -2.02. The molecule has 2 N–H and O–H groups in total. The fourth-order valence-electron chi connectivity index (χ4n) is 1.56. The summed E-state index contributed by atoms with van der Waals surface area (Å²) >= 11 is 0. The van der Waals surface area contributed by atoms with Crippen molar-refractivity contribution in [1.29, 1.82) is 0 Å². The molecule has 0 spiro atoms. The molecule has 0 heterocycles. The number of halogens is 2. The third-order valence-electron chi connectivity index (χ3n) is 2.41. The number of unbranched alkanes of at least 4 members (excludes halogenated alkanes) is 1. The van der Waals surface area contributed by atoms with Gasteiger partial charge in [0.1, 0.15) is 11.6 Å². The predicted octanol–water partition coefficient (Wildman–Crippen LogP) is 2.39. The van der Waals surface area contributed by atoms with E-state index in [2.05, 4.69) is 0 Å². The van der Waals surface area contributed by atoms with E-state index in [4.69, 9.17) is 10.5 Å². The molecule has 0 radical (unpaired) electrons. The standard InChI is InChI=1S/C12H17F2NO/c1-16-8-10-11(13)6-9(7-12(10)14)4-2-3-5-15/h6-7H,2-5,8,15H2,1H3. The molecule has 0 amide bonds. The summed E-state index contributed by atoms with van der Waals surface area (Å²) in [6, 6.07) is 2.74. The molecule has 0 saturated heterocycles. The van der Waals surface area contributed by atoms with Gasteiger partial charge in [0.15, 0.2) is 0 Å². The fourth-order valence-corrected chi connectivity index (χ4v) is 1.56. The van der Waals surface area contributed by atoms with E-state index in [1.165, 1.54) is 19.2 Å². The normalized spacial score (nSPS) is 10.8. The van der Waals surface area contributed by atoms with Gasteiger partial charge in [-0.1, -0.05) is 0 Å². The maximum absolute atomic E-state index is 13.5. The zero-order chi connectivity index (χ0) is 12.0. The molecule has 90 valence electrons. The highest BCUT2D eigenvalue weighted by atomic mass is 19.1. The van der Waals surface area contributed by atoms with Gasteiger partial charge >= 0.3 is 0 Å². The van der Waals surface area contributed by atoms with Crippen LogP contribution in [0.3, 0.4) is 0 Å². The van der Waals surface area contributed by atoms with Crippen LogP contribution in [0.4, 0.5) is 8.78 Å². The average Bonchev–Trinajstić information content (AvgIpc) is 2.24. The Bertz CT molecular complexity index is 319. The van der Waals surface area contributed by atoms with Crippen molar-refractivity contribution in [2.75, 3.05) is 13.7 Å². The molecule has 0 aliphatic carbocycles. The van der Waals surface area contributed by atoms with E-state index < -0.39 is 11.6 Å². The van der Waals surface area contributed by atoms with Crippen LogP contribution in [0.15, 0.2) is 12.1 Å². The molecule has 0 fully saturated rings. The zero-order valence-electron chi connectivity index (χ0n) is 9.43. The molecule has 0 aromatic heterocycles. The third-order valence-corrected chi connectivity index (χ3v) is 2.41. The first-order valence-corrected chi connectivity index (χ1v) is 5.34. The minimum Gasteiger partial charge on any atom is -0.380 e. The van der Waals surface area contributed by atoms with Crippen molar-refractivity contribution in [3.8, 4) is 0 Å². The minimum absolute atomic E-state index is 0.00919. The van der Waals surface area contributed by atoms with Crippen LogP contribution in [-0.4, -0.2) is 13.7 Å². The van der Waals surface area contributed by atoms with Gasteiger partial charge < -0.3 is 10.5 Å². The van der Waals surface area contributed by atoms with Gasteiger partial charge in [-0.2, -0.15) is 0 Å². The monoisotopic (exact) mass is 229 g/mol. The lowest BCUT2D eigenvalue weighted by molar-refractivity contribution is 0.177. The Morgan fingerprint density at radius 2 is 1.81 bits per heavy atom. The molecule has 4 heteroatoms. The van der Waals surface area contributed by atoms with E-state index in [0.717, 1.165) is 12.8 Å². The van der Waals surface area contributed by atoms with Crippen molar-refractivity contribution < 1.29 is 13.5 Å². The summed E-state index contributed by atoms with van der Waals surface area (Å²) in [6.07, 6.45) is 2.36. The van der Waals surface area contributed by atoms with Crippen molar-refractivity contribution in [3.63, 3.8) is 0 Å². The lowest BCUT2D eigenvalue weighted by atomic mass is 10.1. The molecule has 0 aliphatic heterocycles. The van der Waals surface area contributed by atoms with E-state index in [-0.39, 0.29) is 12.2 Å². The Hall–Kier alpha value is -1.00. The smallest absolute Gasteiger partial charge is 0.131 e. The molecular formula is C12H17F2NO. The lowest BCUT2D eigenvalue weighted by Gasteiger charge is -2.07. The minimum atomic E-state index is -0.537. The highest BCUT2D eigenvalue weighted by molar-refractivity contribution is 5.26. The quantitative estimate of drug-likeness (QED) is 0.760. The SMILES string of the molecule is COCc1c(F)cc(CCCCN)cc1F. The second-order valence-corrected chi connectivity index (χ2v) is 3.72. The zero-order valence-corrected chi connectivity index (χ0v) is 9.43. The number of nitrogens with two attached hydrogens (primary N) is 1. The Labute approximate surface area is 94.4 Å². The first kappa shape index (κ1) is 13.1. The van der Waals surface area contributed by atoms with E-state index in [9.17, 15) is 8.78 Å². The van der Waals surface area contributed by atoms with Gasteiger partial charge in [-0.3, -0.25) is 0 Å². The highest BCUT2D eigenvalue weighted by Gasteiger charge is 2.10. The maximum Gasteiger partial charge on any atom is 0.131 e. The molecular weight excluding hydrogens is 212 g/mol. The number of ether oxygens (including phenoxy) is 1. The molecule has 0 unspecified atom stereocenters. The van der Waals surface area contributed by atoms with Crippen LogP contribution in [0.2, 0.25) is 0 Å². The second kappa shape index (κ2) is 6.55. The highest BCUT2D eigenvalue weighted by Crippen LogP contribution is 2.17. The molecule has 0 saturated carbocycles. The van der Waals surface area contributed by atoms with Crippen molar-refractivity contribution in [1.82, 2.24) is 0 Å². The summed E-state index contributed by atoms with van der Waals surface area (Å²) in [7, 11) is 1.41. The number of hydrogen-bond donors (Lipinski definition) is 1. The number of aryl methyl sites for hydroxylation is 1. The Morgan fingerprint density at radius 1 is 1.19 bits per heavy atom. The van der Waals surface area contributed by atoms with Crippen LogP contribution in [0.5, 0.6) is 0 Å². The summed E-state index contributed by atoms with van der Waals surface area (Å²) < 4.78 is 31.7. The number of benzene rings is 1. The molecule has 2 nitrogen and oxygen atoms in total. The Morgan fingerprint density at radius 3 is 2.31 bits per heavy atom. The molecule has 0 bridgehead atoms. The molecule has 16 heavy (non-hydrogen) atoms. The van der Waals surface area contributed by atoms with Gasteiger partial charge in [-0.15, -0.1) is 0 Å². The summed E-state index contributed by atoms with van der Waals surface area (Å²) in [5.41, 5.74) is 6.01. The first-order chi connectivity index (χ1) is 7.69. The second-order valence-electron chi connectivity index (χ2n) is 3.72. The van der Waals surface area contributed by atoms with Crippen LogP contribution in [0.25, 0.3) is 0 Å². The summed E-state index contributed by atoms with van der Waals surface area (Å²) in [5.74, 6) is -1.07. The third kappa shape index (κ3) is 3.54. The van der Waals surface area contributed by atoms with Crippen LogP contribution < -0.4 is 5.73 Å². The summed E-state index contributed by atoms with van der Waals surface area (Å²) in [4.78, 5) is 0. The molecule has 1 rings (SSSR count). The Kier molecular flexibility index (Phi) is 5.35. The van der Waals surface area contributed by atoms with Gasteiger partial charge in [0.2, 0.25) is 0 Å². The van der Waals surface area contributed by atoms with E-state index in [0.29, 0.717) is 18.5 Å². The van der Waals surface area contributed by atoms with Gasteiger partial charge in [0, 0.05) is 12.7 Å². The molecule has 1 aromatic rings. The van der Waals surface area contributed by atoms with Crippen molar-refractivity contribution >= 4 is 0 Å². The Balaban J connectivity index is 2.75. The van der Waals surface area contributed by atoms with Crippen molar-refractivity contribution in [2.45, 2.75) is 25.9 Å². The van der Waals surface area contributed by atoms with E-state index in [1.807, 2.05) is 0 Å². The average molecular weight is 229 g/mol. The molecule has 0 aliphatic rings. The van der Waals surface area contributed by atoms with Gasteiger partial charge in [-0.25, -0.2) is 8.78 Å². The van der Waals surface area contributed by atoms with Gasteiger partial charge in [0.25, 0.3) is 0 Å². The van der Waals surface area contributed by atoms with Crippen LogP contribution in [0.1, 0.15) is 24.0 Å². The van der Waals surface area contributed by atoms with E-state index in [1.54, 1.807) is 0 Å². The van der Waals surface area contributed by atoms with E-state index >= 15 is 0 Å². The maximum atomic E-state index is 13.5. The topological polar surface area (TPSA) is 35.2 Å². The van der Waals surface area contributed by atoms with Crippen molar-refractivity contribution in [2.24, 2.45) is 5.73 Å². The summed E-state index contributed by atoms with van der Waals surface area (Å²) in [5, 5.41) is 0. The van der Waals surface area contributed by atoms with Crippen LogP contribution in [0, 0.1) is 11.6 Å². The first-order valence-electron chi connectivity index (χ1n) is 5.34. The van der Waals surface area contributed by atoms with Gasteiger partial charge in [-0.05, 0) is 43.5 Å². The largest absolute Gasteiger partial charge is 0.380 e. The fraction of sp³-hybridized carbons (Fsp3) is 0.500. The van der Waals surface area contributed by atoms with Crippen LogP contribution >= 0.6 is 0 Å².